The summed E-state index contributed by atoms with van der Waals surface area (Å²) in [5, 5.41) is 0. The van der Waals surface area contributed by atoms with E-state index in [1.807, 2.05) is 0 Å². The van der Waals surface area contributed by atoms with Gasteiger partial charge >= 0.3 is 65.4 Å². The molecule has 0 aliphatic rings. The van der Waals surface area contributed by atoms with E-state index in [9.17, 15) is 0 Å². The van der Waals surface area contributed by atoms with Crippen LogP contribution in [0.4, 0.5) is 0 Å². The second-order valence-electron chi connectivity index (χ2n) is 5.97. The Balaban J connectivity index is -0.0000000371. The van der Waals surface area contributed by atoms with Gasteiger partial charge in [0.1, 0.15) is 0 Å². The first kappa shape index (κ1) is 54.7. The molecule has 0 heterocycles. The van der Waals surface area contributed by atoms with E-state index in [0.717, 1.165) is 58.2 Å². The summed E-state index contributed by atoms with van der Waals surface area (Å²) in [5.41, 5.74) is 30.0. The molecule has 0 aliphatic carbocycles. The Morgan fingerprint density at radius 2 is 0.469 bits per heavy atom. The van der Waals surface area contributed by atoms with Crippen LogP contribution in [0.2, 0.25) is 0 Å². The fraction of sp³-hybridized carbons (Fsp3) is 0.750. The quantitative estimate of drug-likeness (QED) is 0.147. The van der Waals surface area contributed by atoms with Crippen molar-refractivity contribution in [2.24, 2.45) is 34.4 Å². The maximum absolute atomic E-state index is 5.25. The van der Waals surface area contributed by atoms with Gasteiger partial charge in [-0.2, -0.15) is 19.3 Å². The molecule has 0 atom stereocenters. The van der Waals surface area contributed by atoms with Crippen molar-refractivity contribution in [3.05, 3.63) is 41.5 Å². The smallest absolute Gasteiger partial charge is 0.360 e. The molecule has 0 amide bonds. The van der Waals surface area contributed by atoms with E-state index in [-0.39, 0.29) is 65.4 Å². The minimum atomic E-state index is 0. The van der Waals surface area contributed by atoms with Gasteiger partial charge in [-0.15, -0.1) is 19.6 Å². The van der Waals surface area contributed by atoms with Crippen molar-refractivity contribution in [1.29, 1.82) is 0 Å². The maximum atomic E-state index is 5.25. The van der Waals surface area contributed by atoms with E-state index in [2.05, 4.69) is 41.5 Å². The van der Waals surface area contributed by atoms with Crippen LogP contribution in [0.15, 0.2) is 0 Å². The normalized spacial score (nSPS) is 7.88. The third kappa shape index (κ3) is 157. The Kier molecular flexibility index (Phi) is 145. The third-order valence-corrected chi connectivity index (χ3v) is 2.86. The van der Waals surface area contributed by atoms with Crippen molar-refractivity contribution in [3.8, 4) is 0 Å². The van der Waals surface area contributed by atoms with Crippen LogP contribution in [-0.2, 0) is 65.4 Å². The van der Waals surface area contributed by atoms with Crippen LogP contribution in [0.1, 0.15) is 77.0 Å². The molecule has 6 nitrogen and oxygen atoms in total. The van der Waals surface area contributed by atoms with Crippen LogP contribution < -0.4 is 34.4 Å². The van der Waals surface area contributed by atoms with Crippen LogP contribution in [0.3, 0.4) is 0 Å². The molecule has 0 saturated heterocycles. The molecule has 32 heavy (non-hydrogen) atoms. The summed E-state index contributed by atoms with van der Waals surface area (Å²) in [6.45, 7) is 24.9. The first-order chi connectivity index (χ1) is 14.5. The summed E-state index contributed by atoms with van der Waals surface area (Å²) >= 11 is 0. The molecule has 0 saturated carbocycles. The van der Waals surface area contributed by atoms with Gasteiger partial charge in [0.25, 0.3) is 0 Å². The van der Waals surface area contributed by atoms with Crippen molar-refractivity contribution in [3.63, 3.8) is 0 Å². The number of hydrogen-bond acceptors (Lipinski definition) is 6. The molecule has 192 valence electrons. The van der Waals surface area contributed by atoms with Crippen LogP contribution in [0.25, 0.3) is 0 Å². The van der Waals surface area contributed by atoms with Crippen LogP contribution in [-0.4, -0.2) is 39.3 Å². The minimum absolute atomic E-state index is 0. The van der Waals surface area contributed by atoms with Gasteiger partial charge in [-0.25, -0.2) is 0 Å². The molecule has 0 bridgehead atoms. The molecule has 8 heteroatoms. The van der Waals surface area contributed by atoms with Gasteiger partial charge in [-0.1, -0.05) is 38.5 Å². The average Bonchev–Trinajstić information content (AvgIpc) is 2.72. The van der Waals surface area contributed by atoms with Crippen molar-refractivity contribution in [2.75, 3.05) is 39.3 Å². The molecule has 0 radical (unpaired) electrons. The van der Waals surface area contributed by atoms with E-state index in [4.69, 9.17) is 34.4 Å². The van der Waals surface area contributed by atoms with Gasteiger partial charge in [-0.05, 0) is 38.9 Å². The summed E-state index contributed by atoms with van der Waals surface area (Å²) in [5.74, 6) is 0. The van der Waals surface area contributed by atoms with Crippen LogP contribution in [0.5, 0.6) is 0 Å². The van der Waals surface area contributed by atoms with E-state index < -0.39 is 0 Å². The van der Waals surface area contributed by atoms with Crippen LogP contribution >= 0.6 is 0 Å². The number of rotatable bonds is 12. The molecule has 0 aromatic rings. The summed E-state index contributed by atoms with van der Waals surface area (Å²) in [6, 6.07) is 0. The van der Waals surface area contributed by atoms with E-state index >= 15 is 0 Å². The molecular formula is C24H60N6Y2. The zero-order valence-corrected chi connectivity index (χ0v) is 27.3. The monoisotopic (exact) mass is 610 g/mol. The van der Waals surface area contributed by atoms with E-state index in [0.29, 0.717) is 19.6 Å². The van der Waals surface area contributed by atoms with Crippen molar-refractivity contribution >= 4 is 0 Å². The van der Waals surface area contributed by atoms with Gasteiger partial charge < -0.3 is 75.9 Å². The number of hydrogen-bond donors (Lipinski definition) is 6. The van der Waals surface area contributed by atoms with Gasteiger partial charge in [0.2, 0.25) is 0 Å². The fourth-order valence-corrected chi connectivity index (χ4v) is 1.49. The predicted molar refractivity (Wildman–Crippen MR) is 142 cm³/mol. The van der Waals surface area contributed by atoms with E-state index in [1.165, 1.54) is 38.5 Å². The standard InChI is InChI=1S/3C6H14N.3C2H6N.2Y/c3*1-2-3-4-5-6-7;3*1-2-3;;/h3*1-7H2;3*1-3H2;;/q6*-1;2*+3. The molecule has 0 spiro atoms. The predicted octanol–water partition coefficient (Wildman–Crippen LogP) is 3.35. The molecule has 12 N–H and O–H groups in total. The topological polar surface area (TPSA) is 156 Å². The molecule has 0 aromatic carbocycles. The Labute approximate surface area is 255 Å². The maximum Gasteiger partial charge on any atom is 3.00 e. The minimum Gasteiger partial charge on any atom is -0.360 e. The van der Waals surface area contributed by atoms with E-state index in [1.54, 1.807) is 0 Å². The van der Waals surface area contributed by atoms with Gasteiger partial charge in [0.05, 0.1) is 0 Å². The zero-order valence-electron chi connectivity index (χ0n) is 21.6. The Hall–Kier alpha value is 1.97. The Morgan fingerprint density at radius 3 is 0.562 bits per heavy atom. The first-order valence-electron chi connectivity index (χ1n) is 11.4. The van der Waals surface area contributed by atoms with Crippen LogP contribution in [0, 0.1) is 41.5 Å². The third-order valence-electron chi connectivity index (χ3n) is 2.86. The summed E-state index contributed by atoms with van der Waals surface area (Å²) in [6.07, 6.45) is 14.1. The fourth-order valence-electron chi connectivity index (χ4n) is 1.49. The van der Waals surface area contributed by atoms with Crippen molar-refractivity contribution in [2.45, 2.75) is 77.0 Å². The van der Waals surface area contributed by atoms with Gasteiger partial charge in [-0.3, -0.25) is 0 Å². The Bertz CT molecular complexity index is 142. The van der Waals surface area contributed by atoms with Gasteiger partial charge in [0, 0.05) is 0 Å². The second-order valence-corrected chi connectivity index (χ2v) is 5.97. The molecule has 0 aliphatic heterocycles. The molecular weight excluding hydrogens is 550 g/mol. The van der Waals surface area contributed by atoms with Gasteiger partial charge in [0.15, 0.2) is 0 Å². The second kappa shape index (κ2) is 84.5. The first-order valence-corrected chi connectivity index (χ1v) is 11.4. The number of unbranched alkanes of at least 4 members (excludes halogenated alkanes) is 9. The summed E-state index contributed by atoms with van der Waals surface area (Å²) in [7, 11) is 0. The van der Waals surface area contributed by atoms with Crippen molar-refractivity contribution in [1.82, 2.24) is 0 Å². The Morgan fingerprint density at radius 1 is 0.312 bits per heavy atom. The largest absolute Gasteiger partial charge is 3.00 e. The molecule has 0 rings (SSSR count). The zero-order chi connectivity index (χ0) is 24.7. The average molecular weight is 611 g/mol. The molecule has 0 unspecified atom stereocenters. The SMILES string of the molecule is [CH2-]CCCCCN.[CH2-]CCCCCN.[CH2-]CCCCCN.[CH2-]CN.[CH2-]CN.[CH2-]CN.[Y+3].[Y+3]. The number of nitrogens with two attached hydrogens (primary N) is 6. The molecule has 0 aromatic heterocycles. The van der Waals surface area contributed by atoms with Crippen molar-refractivity contribution < 1.29 is 65.4 Å². The summed E-state index contributed by atoms with van der Waals surface area (Å²) in [4.78, 5) is 0. The molecule has 0 fully saturated rings. The summed E-state index contributed by atoms with van der Waals surface area (Å²) < 4.78 is 0.